The Morgan fingerprint density at radius 3 is 2.53 bits per heavy atom. The van der Waals surface area contributed by atoms with Gasteiger partial charge in [0.05, 0.1) is 9.88 Å². The first-order chi connectivity index (χ1) is 7.90. The molecule has 0 spiro atoms. The Balaban J connectivity index is 2.67. The normalized spacial score (nSPS) is 11.6. The van der Waals surface area contributed by atoms with E-state index in [4.69, 9.17) is 5.11 Å². The molecule has 0 bridgehead atoms. The van der Waals surface area contributed by atoms with Gasteiger partial charge >= 0.3 is 5.97 Å². The zero-order valence-electron chi connectivity index (χ0n) is 9.31. The van der Waals surface area contributed by atoms with Gasteiger partial charge in [-0.15, -0.1) is 11.3 Å². The molecule has 3 N–H and O–H groups in total. The van der Waals surface area contributed by atoms with Crippen molar-refractivity contribution >= 4 is 34.1 Å². The van der Waals surface area contributed by atoms with Crippen LogP contribution < -0.4 is 10.6 Å². The van der Waals surface area contributed by atoms with Crippen LogP contribution in [0.5, 0.6) is 0 Å². The van der Waals surface area contributed by atoms with E-state index in [2.05, 4.69) is 10.6 Å². The first kappa shape index (κ1) is 13.2. The molecule has 7 heteroatoms. The molecular weight excluding hydrogens is 244 g/mol. The van der Waals surface area contributed by atoms with Crippen LogP contribution in [0.2, 0.25) is 0 Å². The summed E-state index contributed by atoms with van der Waals surface area (Å²) in [5.41, 5.74) is 0. The van der Waals surface area contributed by atoms with Crippen LogP contribution in [-0.4, -0.2) is 28.9 Å². The summed E-state index contributed by atoms with van der Waals surface area (Å²) >= 11 is 1.09. The highest BCUT2D eigenvalue weighted by atomic mass is 32.1. The number of carbonyl (C=O) groups excluding carboxylic acids is 2. The van der Waals surface area contributed by atoms with E-state index in [1.54, 1.807) is 6.07 Å². The summed E-state index contributed by atoms with van der Waals surface area (Å²) in [7, 11) is 0. The maximum atomic E-state index is 11.6. The number of anilines is 1. The molecule has 1 heterocycles. The molecule has 2 amide bonds. The van der Waals surface area contributed by atoms with Crippen molar-refractivity contribution in [2.75, 3.05) is 5.32 Å². The third kappa shape index (κ3) is 3.87. The number of thiophene rings is 1. The number of nitrogens with one attached hydrogen (secondary N) is 2. The molecule has 0 aliphatic heterocycles. The molecule has 92 valence electrons. The highest BCUT2D eigenvalue weighted by Crippen LogP contribution is 2.21. The number of rotatable bonds is 4. The van der Waals surface area contributed by atoms with Gasteiger partial charge in [-0.25, -0.2) is 0 Å². The number of carbonyl (C=O) groups is 3. The van der Waals surface area contributed by atoms with E-state index in [-0.39, 0.29) is 5.91 Å². The Bertz CT molecular complexity index is 455. The van der Waals surface area contributed by atoms with E-state index in [1.165, 1.54) is 19.9 Å². The minimum Gasteiger partial charge on any atom is -0.480 e. The summed E-state index contributed by atoms with van der Waals surface area (Å²) in [5, 5.41) is 14.0. The van der Waals surface area contributed by atoms with E-state index in [9.17, 15) is 14.4 Å². The minimum absolute atomic E-state index is 0.224. The zero-order chi connectivity index (χ0) is 13.0. The van der Waals surface area contributed by atoms with Crippen molar-refractivity contribution in [1.29, 1.82) is 0 Å². The standard InChI is InChI=1S/C10H12N2O4S/c1-5(10(15)16)11-9(14)7-3-4-8(17-7)12-6(2)13/h3-5H,1-2H3,(H,11,14)(H,12,13)(H,15,16)/t5-/m0/s1. The predicted octanol–water partition coefficient (Wildman–Crippen LogP) is 0.909. The number of hydrogen-bond acceptors (Lipinski definition) is 4. The van der Waals surface area contributed by atoms with Crippen molar-refractivity contribution in [3.63, 3.8) is 0 Å². The zero-order valence-corrected chi connectivity index (χ0v) is 10.1. The van der Waals surface area contributed by atoms with Crippen LogP contribution in [0.3, 0.4) is 0 Å². The average molecular weight is 256 g/mol. The molecular formula is C10H12N2O4S. The second kappa shape index (κ2) is 5.44. The van der Waals surface area contributed by atoms with E-state index in [0.29, 0.717) is 9.88 Å². The molecule has 0 unspecified atom stereocenters. The van der Waals surface area contributed by atoms with Crippen LogP contribution in [0.1, 0.15) is 23.5 Å². The van der Waals surface area contributed by atoms with Gasteiger partial charge in [0.1, 0.15) is 6.04 Å². The molecule has 0 fully saturated rings. The van der Waals surface area contributed by atoms with Crippen LogP contribution in [0.4, 0.5) is 5.00 Å². The van der Waals surface area contributed by atoms with Crippen molar-refractivity contribution in [3.05, 3.63) is 17.0 Å². The lowest BCUT2D eigenvalue weighted by molar-refractivity contribution is -0.138. The molecule has 0 saturated carbocycles. The molecule has 0 radical (unpaired) electrons. The molecule has 17 heavy (non-hydrogen) atoms. The van der Waals surface area contributed by atoms with Crippen molar-refractivity contribution in [3.8, 4) is 0 Å². The van der Waals surface area contributed by atoms with Gasteiger partial charge in [0.15, 0.2) is 0 Å². The summed E-state index contributed by atoms with van der Waals surface area (Å²) in [6, 6.07) is 2.17. The summed E-state index contributed by atoms with van der Waals surface area (Å²) in [5.74, 6) is -1.80. The fraction of sp³-hybridized carbons (Fsp3) is 0.300. The average Bonchev–Trinajstić information content (AvgIpc) is 2.64. The van der Waals surface area contributed by atoms with Gasteiger partial charge in [-0.05, 0) is 19.1 Å². The Morgan fingerprint density at radius 1 is 1.35 bits per heavy atom. The monoisotopic (exact) mass is 256 g/mol. The molecule has 0 saturated heterocycles. The topological polar surface area (TPSA) is 95.5 Å². The maximum absolute atomic E-state index is 11.6. The fourth-order valence-corrected chi connectivity index (χ4v) is 1.89. The van der Waals surface area contributed by atoms with E-state index in [1.807, 2.05) is 0 Å². The van der Waals surface area contributed by atoms with E-state index >= 15 is 0 Å². The van der Waals surface area contributed by atoms with E-state index < -0.39 is 17.9 Å². The minimum atomic E-state index is -1.10. The van der Waals surface area contributed by atoms with Gasteiger partial charge in [0.2, 0.25) is 5.91 Å². The molecule has 1 atom stereocenters. The lowest BCUT2D eigenvalue weighted by atomic mass is 10.3. The van der Waals surface area contributed by atoms with Gasteiger partial charge in [-0.1, -0.05) is 0 Å². The molecule has 0 aliphatic carbocycles. The van der Waals surface area contributed by atoms with Crippen molar-refractivity contribution in [2.24, 2.45) is 0 Å². The maximum Gasteiger partial charge on any atom is 0.325 e. The summed E-state index contributed by atoms with van der Waals surface area (Å²) in [4.78, 5) is 33.3. The van der Waals surface area contributed by atoms with Crippen molar-refractivity contribution in [1.82, 2.24) is 5.32 Å². The number of hydrogen-bond donors (Lipinski definition) is 3. The molecule has 6 nitrogen and oxygen atoms in total. The van der Waals surface area contributed by atoms with Gasteiger partial charge in [-0.3, -0.25) is 14.4 Å². The lowest BCUT2D eigenvalue weighted by Gasteiger charge is -2.07. The predicted molar refractivity (Wildman–Crippen MR) is 63.2 cm³/mol. The Kier molecular flexibility index (Phi) is 4.22. The number of aliphatic carboxylic acids is 1. The Morgan fingerprint density at radius 2 is 2.00 bits per heavy atom. The van der Waals surface area contributed by atoms with Gasteiger partial charge in [-0.2, -0.15) is 0 Å². The first-order valence-electron chi connectivity index (χ1n) is 4.81. The van der Waals surface area contributed by atoms with Crippen LogP contribution in [0.25, 0.3) is 0 Å². The quantitative estimate of drug-likeness (QED) is 0.746. The van der Waals surface area contributed by atoms with Gasteiger partial charge in [0.25, 0.3) is 5.91 Å². The second-order valence-corrected chi connectivity index (χ2v) is 4.46. The highest BCUT2D eigenvalue weighted by molar-refractivity contribution is 7.18. The first-order valence-corrected chi connectivity index (χ1v) is 5.63. The smallest absolute Gasteiger partial charge is 0.325 e. The van der Waals surface area contributed by atoms with Gasteiger partial charge < -0.3 is 15.7 Å². The lowest BCUT2D eigenvalue weighted by Crippen LogP contribution is -2.37. The van der Waals surface area contributed by atoms with Crippen molar-refractivity contribution in [2.45, 2.75) is 19.9 Å². The molecule has 1 aromatic rings. The highest BCUT2D eigenvalue weighted by Gasteiger charge is 2.16. The van der Waals surface area contributed by atoms with Crippen molar-refractivity contribution < 1.29 is 19.5 Å². The molecule has 1 aromatic heterocycles. The fourth-order valence-electron chi connectivity index (χ4n) is 1.03. The summed E-state index contributed by atoms with van der Waals surface area (Å²) < 4.78 is 0. The summed E-state index contributed by atoms with van der Waals surface area (Å²) in [6.07, 6.45) is 0. The molecule has 0 aromatic carbocycles. The number of carboxylic acid groups (broad SMARTS) is 1. The number of carboxylic acids is 1. The molecule has 1 rings (SSSR count). The number of amides is 2. The SMILES string of the molecule is CC(=O)Nc1ccc(C(=O)N[C@@H](C)C(=O)O)s1. The Hall–Kier alpha value is -1.89. The molecule has 0 aliphatic rings. The van der Waals surface area contributed by atoms with E-state index in [0.717, 1.165) is 11.3 Å². The third-order valence-electron chi connectivity index (χ3n) is 1.85. The van der Waals surface area contributed by atoms with Crippen LogP contribution in [0.15, 0.2) is 12.1 Å². The third-order valence-corrected chi connectivity index (χ3v) is 2.85. The van der Waals surface area contributed by atoms with Crippen LogP contribution >= 0.6 is 11.3 Å². The van der Waals surface area contributed by atoms with Crippen LogP contribution in [0, 0.1) is 0 Å². The second-order valence-electron chi connectivity index (χ2n) is 3.38. The van der Waals surface area contributed by atoms with Gasteiger partial charge in [0, 0.05) is 6.92 Å². The Labute approximate surface area is 102 Å². The van der Waals surface area contributed by atoms with Crippen LogP contribution in [-0.2, 0) is 9.59 Å². The largest absolute Gasteiger partial charge is 0.480 e. The summed E-state index contributed by atoms with van der Waals surface area (Å²) in [6.45, 7) is 2.74.